The molecule has 9 heteroatoms. The van der Waals surface area contributed by atoms with E-state index in [2.05, 4.69) is 9.71 Å². The van der Waals surface area contributed by atoms with Gasteiger partial charge in [-0.25, -0.2) is 4.31 Å². The van der Waals surface area contributed by atoms with Crippen molar-refractivity contribution in [2.24, 2.45) is 4.40 Å². The van der Waals surface area contributed by atoms with Crippen LogP contribution in [-0.2, 0) is 19.7 Å². The fourth-order valence-corrected chi connectivity index (χ4v) is 3.68. The fourth-order valence-electron chi connectivity index (χ4n) is 2.77. The fraction of sp³-hybridized carbons (Fsp3) is 0.412. The van der Waals surface area contributed by atoms with Gasteiger partial charge in [0.1, 0.15) is 11.4 Å². The molecule has 1 N–H and O–H groups in total. The molecule has 1 atom stereocenters. The van der Waals surface area contributed by atoms with Crippen LogP contribution >= 0.6 is 0 Å². The van der Waals surface area contributed by atoms with Gasteiger partial charge in [0.25, 0.3) is 5.91 Å². The summed E-state index contributed by atoms with van der Waals surface area (Å²) >= 11 is 0. The molecule has 1 aromatic rings. The van der Waals surface area contributed by atoms with Crippen LogP contribution in [0.3, 0.4) is 0 Å². The second kappa shape index (κ2) is 7.46. The number of nitrogens with one attached hydrogen (secondary N) is 1. The Morgan fingerprint density at radius 2 is 2.12 bits per heavy atom. The number of ether oxygens (including phenoxy) is 2. The summed E-state index contributed by atoms with van der Waals surface area (Å²) < 4.78 is 39.9. The Labute approximate surface area is 152 Å². The van der Waals surface area contributed by atoms with Crippen molar-refractivity contribution in [2.75, 3.05) is 27.3 Å². The molecule has 26 heavy (non-hydrogen) atoms. The summed E-state index contributed by atoms with van der Waals surface area (Å²) in [5.74, 6) is 0.163. The Morgan fingerprint density at radius 1 is 1.38 bits per heavy atom. The van der Waals surface area contributed by atoms with E-state index in [-0.39, 0.29) is 17.5 Å². The minimum Gasteiger partial charge on any atom is -0.497 e. The molecule has 0 spiro atoms. The Morgan fingerprint density at radius 3 is 2.73 bits per heavy atom. The number of benzene rings is 1. The molecule has 0 radical (unpaired) electrons. The smallest absolute Gasteiger partial charge is 0.345 e. The molecule has 3 rings (SSSR count). The highest BCUT2D eigenvalue weighted by Crippen LogP contribution is 2.21. The molecule has 1 amide bonds. The third-order valence-corrected chi connectivity index (χ3v) is 5.62. The van der Waals surface area contributed by atoms with Crippen molar-refractivity contribution in [1.29, 1.82) is 0 Å². The van der Waals surface area contributed by atoms with Crippen LogP contribution in [0.1, 0.15) is 18.4 Å². The molecule has 2 aliphatic rings. The van der Waals surface area contributed by atoms with Crippen LogP contribution in [0.2, 0.25) is 0 Å². The first kappa shape index (κ1) is 18.4. The number of carbonyl (C=O) groups is 1. The number of hydrogen-bond acceptors (Lipinski definition) is 5. The van der Waals surface area contributed by atoms with E-state index in [9.17, 15) is 13.2 Å². The van der Waals surface area contributed by atoms with Crippen molar-refractivity contribution in [2.45, 2.75) is 18.9 Å². The maximum absolute atomic E-state index is 12.5. The molecule has 8 nitrogen and oxygen atoms in total. The summed E-state index contributed by atoms with van der Waals surface area (Å²) in [6, 6.07) is 6.79. The lowest BCUT2D eigenvalue weighted by Crippen LogP contribution is -2.40. The molecule has 140 valence electrons. The second-order valence-corrected chi connectivity index (χ2v) is 7.65. The van der Waals surface area contributed by atoms with E-state index in [1.54, 1.807) is 31.4 Å². The number of nitrogens with zero attached hydrogens (tertiary/aromatic N) is 2. The molecule has 1 fully saturated rings. The molecule has 0 saturated carbocycles. The number of allylic oxidation sites excluding steroid dienone is 1. The van der Waals surface area contributed by atoms with Crippen LogP contribution in [0.5, 0.6) is 5.75 Å². The van der Waals surface area contributed by atoms with E-state index < -0.39 is 16.1 Å². The zero-order valence-corrected chi connectivity index (χ0v) is 15.5. The number of carbonyl (C=O) groups excluding carboxylic acids is 1. The first-order valence-corrected chi connectivity index (χ1v) is 9.65. The number of likely N-dealkylation sites (N-methyl/N-ethyl adjacent to an activating group) is 1. The molecule has 0 aliphatic carbocycles. The van der Waals surface area contributed by atoms with Crippen LogP contribution in [0.4, 0.5) is 0 Å². The van der Waals surface area contributed by atoms with E-state index in [0.717, 1.165) is 17.1 Å². The van der Waals surface area contributed by atoms with Crippen LogP contribution in [0.15, 0.2) is 40.4 Å². The predicted octanol–water partition coefficient (Wildman–Crippen LogP) is 0.854. The Bertz CT molecular complexity index is 840. The lowest BCUT2D eigenvalue weighted by molar-refractivity contribution is -0.118. The first-order chi connectivity index (χ1) is 12.4. The number of methoxy groups -OCH3 is 1. The van der Waals surface area contributed by atoms with Gasteiger partial charge in [-0.3, -0.25) is 4.79 Å². The van der Waals surface area contributed by atoms with Gasteiger partial charge in [0.2, 0.25) is 0 Å². The van der Waals surface area contributed by atoms with Crippen molar-refractivity contribution >= 4 is 21.8 Å². The highest BCUT2D eigenvalue weighted by atomic mass is 32.2. The third-order valence-electron chi connectivity index (χ3n) is 4.31. The summed E-state index contributed by atoms with van der Waals surface area (Å²) in [5, 5.41) is 2.74. The van der Waals surface area contributed by atoms with Crippen molar-refractivity contribution in [1.82, 2.24) is 9.62 Å². The SMILES string of the molecule is COc1ccc(C2=NS(=O)(=O)N(C)C(C(=O)NC[C@H]3CCCO3)=C2)cc1. The van der Waals surface area contributed by atoms with Gasteiger partial charge in [0.15, 0.2) is 0 Å². The molecule has 1 saturated heterocycles. The maximum Gasteiger partial charge on any atom is 0.345 e. The Kier molecular flexibility index (Phi) is 5.28. The highest BCUT2D eigenvalue weighted by Gasteiger charge is 2.30. The predicted molar refractivity (Wildman–Crippen MR) is 96.3 cm³/mol. The molecule has 2 aliphatic heterocycles. The lowest BCUT2D eigenvalue weighted by Gasteiger charge is -2.24. The van der Waals surface area contributed by atoms with Gasteiger partial charge < -0.3 is 14.8 Å². The van der Waals surface area contributed by atoms with E-state index in [0.29, 0.717) is 24.5 Å². The summed E-state index contributed by atoms with van der Waals surface area (Å²) in [4.78, 5) is 12.5. The van der Waals surface area contributed by atoms with E-state index >= 15 is 0 Å². The molecular weight excluding hydrogens is 358 g/mol. The third kappa shape index (κ3) is 3.88. The van der Waals surface area contributed by atoms with Crippen molar-refractivity contribution in [3.63, 3.8) is 0 Å². The zero-order chi connectivity index (χ0) is 18.7. The van der Waals surface area contributed by atoms with Crippen LogP contribution < -0.4 is 10.1 Å². The van der Waals surface area contributed by atoms with Crippen LogP contribution in [0.25, 0.3) is 0 Å². The molecule has 1 aromatic carbocycles. The minimum absolute atomic E-state index is 0.0174. The van der Waals surface area contributed by atoms with Crippen molar-refractivity contribution in [3.05, 3.63) is 41.6 Å². The monoisotopic (exact) mass is 379 g/mol. The highest BCUT2D eigenvalue weighted by molar-refractivity contribution is 7.88. The molecule has 0 bridgehead atoms. The van der Waals surface area contributed by atoms with Gasteiger partial charge in [-0.15, -0.1) is 4.40 Å². The summed E-state index contributed by atoms with van der Waals surface area (Å²) in [5.41, 5.74) is 0.795. The second-order valence-electron chi connectivity index (χ2n) is 6.02. The summed E-state index contributed by atoms with van der Waals surface area (Å²) in [7, 11) is -1.13. The van der Waals surface area contributed by atoms with Crippen LogP contribution in [-0.4, -0.2) is 57.8 Å². The van der Waals surface area contributed by atoms with Gasteiger partial charge >= 0.3 is 10.2 Å². The quantitative estimate of drug-likeness (QED) is 0.818. The maximum atomic E-state index is 12.5. The first-order valence-electron chi connectivity index (χ1n) is 8.25. The lowest BCUT2D eigenvalue weighted by atomic mass is 10.1. The van der Waals surface area contributed by atoms with Gasteiger partial charge in [-0.2, -0.15) is 8.42 Å². The normalized spacial score (nSPS) is 21.8. The van der Waals surface area contributed by atoms with Gasteiger partial charge in [-0.05, 0) is 43.2 Å². The number of rotatable bonds is 5. The molecule has 0 aromatic heterocycles. The Hall–Kier alpha value is -2.39. The average Bonchev–Trinajstić information content (AvgIpc) is 3.15. The van der Waals surface area contributed by atoms with Gasteiger partial charge in [0, 0.05) is 25.8 Å². The van der Waals surface area contributed by atoms with Gasteiger partial charge in [-0.1, -0.05) is 0 Å². The van der Waals surface area contributed by atoms with E-state index in [1.807, 2.05) is 0 Å². The van der Waals surface area contributed by atoms with E-state index in [4.69, 9.17) is 9.47 Å². The van der Waals surface area contributed by atoms with E-state index in [1.165, 1.54) is 13.1 Å². The standard InChI is InChI=1S/C17H21N3O5S/c1-20-16(17(21)18-11-14-4-3-9-25-14)10-15(19-26(20,22)23)12-5-7-13(24-2)8-6-12/h5-8,10,14H,3-4,9,11H2,1-2H3,(H,18,21)/t14-/m1/s1. The molecular formula is C17H21N3O5S. The minimum atomic E-state index is -3.98. The van der Waals surface area contributed by atoms with Crippen molar-refractivity contribution < 1.29 is 22.7 Å². The summed E-state index contributed by atoms with van der Waals surface area (Å²) in [6.45, 7) is 1.03. The average molecular weight is 379 g/mol. The molecule has 2 heterocycles. The molecule has 0 unspecified atom stereocenters. The Balaban J connectivity index is 1.83. The zero-order valence-electron chi connectivity index (χ0n) is 14.6. The van der Waals surface area contributed by atoms with Crippen molar-refractivity contribution in [3.8, 4) is 5.75 Å². The van der Waals surface area contributed by atoms with Crippen LogP contribution in [0, 0.1) is 0 Å². The number of hydrogen-bond donors (Lipinski definition) is 1. The topological polar surface area (TPSA) is 97.3 Å². The summed E-state index contributed by atoms with van der Waals surface area (Å²) in [6.07, 6.45) is 3.28. The van der Waals surface area contributed by atoms with Gasteiger partial charge in [0.05, 0.1) is 18.9 Å². The largest absolute Gasteiger partial charge is 0.497 e. The number of amides is 1.